The second-order valence-electron chi connectivity index (χ2n) is 5.28. The quantitative estimate of drug-likeness (QED) is 0.536. The summed E-state index contributed by atoms with van der Waals surface area (Å²) in [6.45, 7) is 0. The molecule has 114 valence electrons. The van der Waals surface area contributed by atoms with Crippen molar-refractivity contribution in [2.75, 3.05) is 12.8 Å². The smallest absolute Gasteiger partial charge is 0.118 e. The number of ether oxygens (including phenoxy) is 1. The fraction of sp³-hybridized carbons (Fsp3) is 0.0476. The maximum atomic E-state index is 6.37. The van der Waals surface area contributed by atoms with Gasteiger partial charge in [-0.15, -0.1) is 0 Å². The van der Waals surface area contributed by atoms with Crippen LogP contribution in [0.2, 0.25) is 0 Å². The Labute approximate surface area is 136 Å². The topological polar surface area (TPSA) is 35.2 Å². The number of anilines is 1. The van der Waals surface area contributed by atoms with Crippen LogP contribution in [0.3, 0.4) is 0 Å². The van der Waals surface area contributed by atoms with Crippen LogP contribution in [-0.2, 0) is 0 Å². The van der Waals surface area contributed by atoms with Crippen LogP contribution >= 0.6 is 0 Å². The largest absolute Gasteiger partial charge is 0.497 e. The molecule has 3 aromatic rings. The number of para-hydroxylation sites is 1. The van der Waals surface area contributed by atoms with Crippen LogP contribution in [-0.4, -0.2) is 7.11 Å². The lowest BCUT2D eigenvalue weighted by Crippen LogP contribution is -1.93. The summed E-state index contributed by atoms with van der Waals surface area (Å²) in [4.78, 5) is 0. The van der Waals surface area contributed by atoms with E-state index in [-0.39, 0.29) is 0 Å². The van der Waals surface area contributed by atoms with Crippen LogP contribution in [0.1, 0.15) is 11.1 Å². The average Bonchev–Trinajstić information content (AvgIpc) is 2.62. The van der Waals surface area contributed by atoms with Gasteiger partial charge in [-0.05, 0) is 28.8 Å². The van der Waals surface area contributed by atoms with Gasteiger partial charge >= 0.3 is 0 Å². The molecule has 0 fully saturated rings. The Morgan fingerprint density at radius 2 is 1.52 bits per heavy atom. The summed E-state index contributed by atoms with van der Waals surface area (Å²) in [5.41, 5.74) is 11.4. The molecule has 0 atom stereocenters. The van der Waals surface area contributed by atoms with E-state index in [4.69, 9.17) is 10.5 Å². The van der Waals surface area contributed by atoms with Crippen LogP contribution in [0.4, 0.5) is 5.69 Å². The fourth-order valence-electron chi connectivity index (χ4n) is 2.50. The second kappa shape index (κ2) is 6.84. The summed E-state index contributed by atoms with van der Waals surface area (Å²) < 4.78 is 5.20. The summed E-state index contributed by atoms with van der Waals surface area (Å²) in [5, 5.41) is 0. The number of methoxy groups -OCH3 is 1. The molecule has 0 unspecified atom stereocenters. The Morgan fingerprint density at radius 1 is 0.783 bits per heavy atom. The van der Waals surface area contributed by atoms with Gasteiger partial charge in [-0.1, -0.05) is 72.8 Å². The van der Waals surface area contributed by atoms with E-state index in [0.29, 0.717) is 0 Å². The molecule has 3 aromatic carbocycles. The van der Waals surface area contributed by atoms with Crippen LogP contribution in [0.5, 0.6) is 5.75 Å². The molecule has 0 aromatic heterocycles. The second-order valence-corrected chi connectivity index (χ2v) is 5.28. The van der Waals surface area contributed by atoms with Crippen molar-refractivity contribution in [1.82, 2.24) is 0 Å². The van der Waals surface area contributed by atoms with Crippen LogP contribution < -0.4 is 10.5 Å². The minimum Gasteiger partial charge on any atom is -0.497 e. The van der Waals surface area contributed by atoms with E-state index in [1.54, 1.807) is 7.11 Å². The molecular weight excluding hydrogens is 282 g/mol. The molecule has 0 aliphatic heterocycles. The van der Waals surface area contributed by atoms with Crippen LogP contribution in [0.15, 0.2) is 72.8 Å². The third-order valence-corrected chi connectivity index (χ3v) is 3.80. The zero-order chi connectivity index (χ0) is 16.1. The van der Waals surface area contributed by atoms with Crippen molar-refractivity contribution in [2.45, 2.75) is 0 Å². The molecule has 0 aliphatic carbocycles. The molecule has 3 rings (SSSR count). The number of rotatable bonds is 4. The van der Waals surface area contributed by atoms with Gasteiger partial charge in [-0.2, -0.15) is 0 Å². The van der Waals surface area contributed by atoms with Gasteiger partial charge < -0.3 is 10.5 Å². The Morgan fingerprint density at radius 3 is 2.22 bits per heavy atom. The van der Waals surface area contributed by atoms with Crippen molar-refractivity contribution in [3.63, 3.8) is 0 Å². The van der Waals surface area contributed by atoms with Crippen molar-refractivity contribution in [3.05, 3.63) is 83.9 Å². The standard InChI is InChI=1S/C21H19NO/c1-23-19-14-12-17(13-15-19)20-9-5-8-18(21(20)22)11-10-16-6-3-2-4-7-16/h2-15H,22H2,1H3. The van der Waals surface area contributed by atoms with Gasteiger partial charge in [0.25, 0.3) is 0 Å². The van der Waals surface area contributed by atoms with Crippen molar-refractivity contribution >= 4 is 17.8 Å². The molecule has 23 heavy (non-hydrogen) atoms. The molecular formula is C21H19NO. The lowest BCUT2D eigenvalue weighted by molar-refractivity contribution is 0.415. The van der Waals surface area contributed by atoms with Crippen molar-refractivity contribution in [3.8, 4) is 16.9 Å². The highest BCUT2D eigenvalue weighted by molar-refractivity contribution is 5.86. The number of nitrogens with two attached hydrogens (primary N) is 1. The highest BCUT2D eigenvalue weighted by atomic mass is 16.5. The van der Waals surface area contributed by atoms with Gasteiger partial charge in [0, 0.05) is 11.3 Å². The Bertz CT molecular complexity index is 805. The number of benzene rings is 3. The zero-order valence-electron chi connectivity index (χ0n) is 13.1. The lowest BCUT2D eigenvalue weighted by Gasteiger charge is -2.09. The van der Waals surface area contributed by atoms with Crippen LogP contribution in [0.25, 0.3) is 23.3 Å². The molecule has 0 saturated carbocycles. The van der Waals surface area contributed by atoms with Crippen molar-refractivity contribution < 1.29 is 4.74 Å². The van der Waals surface area contributed by atoms with E-state index in [2.05, 4.69) is 24.3 Å². The highest BCUT2D eigenvalue weighted by Crippen LogP contribution is 2.30. The molecule has 0 bridgehead atoms. The van der Waals surface area contributed by atoms with E-state index in [1.165, 1.54) is 0 Å². The number of hydrogen-bond donors (Lipinski definition) is 1. The third-order valence-electron chi connectivity index (χ3n) is 3.80. The van der Waals surface area contributed by atoms with Crippen molar-refractivity contribution in [1.29, 1.82) is 0 Å². The molecule has 0 aliphatic rings. The molecule has 0 spiro atoms. The van der Waals surface area contributed by atoms with Crippen molar-refractivity contribution in [2.24, 2.45) is 0 Å². The first kappa shape index (κ1) is 14.9. The number of nitrogen functional groups attached to an aromatic ring is 1. The summed E-state index contributed by atoms with van der Waals surface area (Å²) in [6, 6.07) is 24.2. The highest BCUT2D eigenvalue weighted by Gasteiger charge is 2.05. The maximum absolute atomic E-state index is 6.37. The molecule has 2 heteroatoms. The third kappa shape index (κ3) is 3.43. The molecule has 2 nitrogen and oxygen atoms in total. The van der Waals surface area contributed by atoms with E-state index in [9.17, 15) is 0 Å². The van der Waals surface area contributed by atoms with E-state index >= 15 is 0 Å². The van der Waals surface area contributed by atoms with Crippen LogP contribution in [0, 0.1) is 0 Å². The van der Waals surface area contributed by atoms with E-state index in [1.807, 2.05) is 60.7 Å². The van der Waals surface area contributed by atoms with E-state index < -0.39 is 0 Å². The van der Waals surface area contributed by atoms with E-state index in [0.717, 1.165) is 33.7 Å². The first-order valence-electron chi connectivity index (χ1n) is 7.54. The summed E-state index contributed by atoms with van der Waals surface area (Å²) in [5.74, 6) is 0.840. The lowest BCUT2D eigenvalue weighted by atomic mass is 9.99. The fourth-order valence-corrected chi connectivity index (χ4v) is 2.50. The molecule has 0 radical (unpaired) electrons. The first-order chi connectivity index (χ1) is 11.3. The molecule has 2 N–H and O–H groups in total. The monoisotopic (exact) mass is 301 g/mol. The molecule has 0 heterocycles. The minimum absolute atomic E-state index is 0.782. The normalized spacial score (nSPS) is 10.8. The Hall–Kier alpha value is -3.00. The predicted octanol–water partition coefficient (Wildman–Crippen LogP) is 5.11. The molecule has 0 saturated heterocycles. The number of hydrogen-bond acceptors (Lipinski definition) is 2. The first-order valence-corrected chi connectivity index (χ1v) is 7.54. The minimum atomic E-state index is 0.782. The van der Waals surface area contributed by atoms with Gasteiger partial charge in [0.1, 0.15) is 5.75 Å². The SMILES string of the molecule is COc1ccc(-c2cccc(C=Cc3ccccc3)c2N)cc1. The van der Waals surface area contributed by atoms with Gasteiger partial charge in [0.05, 0.1) is 7.11 Å². The van der Waals surface area contributed by atoms with Gasteiger partial charge in [0.15, 0.2) is 0 Å². The predicted molar refractivity (Wildman–Crippen MR) is 98.2 cm³/mol. The van der Waals surface area contributed by atoms with Gasteiger partial charge in [0.2, 0.25) is 0 Å². The average molecular weight is 301 g/mol. The zero-order valence-corrected chi connectivity index (χ0v) is 13.1. The summed E-state index contributed by atoms with van der Waals surface area (Å²) in [7, 11) is 1.67. The summed E-state index contributed by atoms with van der Waals surface area (Å²) in [6.07, 6.45) is 4.13. The molecule has 0 amide bonds. The Balaban J connectivity index is 1.93. The summed E-state index contributed by atoms with van der Waals surface area (Å²) >= 11 is 0. The maximum Gasteiger partial charge on any atom is 0.118 e. The van der Waals surface area contributed by atoms with Gasteiger partial charge in [-0.3, -0.25) is 0 Å². The Kier molecular flexibility index (Phi) is 4.44. The van der Waals surface area contributed by atoms with Gasteiger partial charge in [-0.25, -0.2) is 0 Å².